The highest BCUT2D eigenvalue weighted by Crippen LogP contribution is 2.38. The molecule has 0 spiro atoms. The van der Waals surface area contributed by atoms with Crippen LogP contribution >= 0.6 is 11.6 Å². The fourth-order valence-electron chi connectivity index (χ4n) is 2.55. The summed E-state index contributed by atoms with van der Waals surface area (Å²) in [4.78, 5) is 0. The van der Waals surface area contributed by atoms with E-state index in [-0.39, 0.29) is 23.2 Å². The van der Waals surface area contributed by atoms with Crippen LogP contribution in [-0.2, 0) is 6.11 Å². The van der Waals surface area contributed by atoms with Crippen LogP contribution in [0.3, 0.4) is 0 Å². The molecule has 152 valence electrons. The van der Waals surface area contributed by atoms with Crippen LogP contribution in [0.25, 0.3) is 11.1 Å². The van der Waals surface area contributed by atoms with Crippen molar-refractivity contribution in [2.24, 2.45) is 0 Å². The molecule has 0 aliphatic heterocycles. The Hall–Kier alpha value is -2.81. The highest BCUT2D eigenvalue weighted by Gasteiger charge is 2.41. The second-order valence-corrected chi connectivity index (χ2v) is 6.19. The SMILES string of the molecule is Fc1ccc(OC(F)(F)c2c(F)cc(-c3c(F)cc(Cl)cc3F)cc2F)cc1F. The number of hydrogen-bond acceptors (Lipinski definition) is 1. The Balaban J connectivity index is 2.04. The van der Waals surface area contributed by atoms with E-state index in [1.807, 2.05) is 0 Å². The molecule has 0 N–H and O–H groups in total. The summed E-state index contributed by atoms with van der Waals surface area (Å²) in [6.07, 6.45) is -4.66. The number of hydrogen-bond donors (Lipinski definition) is 0. The minimum atomic E-state index is -4.66. The smallest absolute Gasteiger partial charge is 0.429 e. The van der Waals surface area contributed by atoms with E-state index in [4.69, 9.17) is 11.6 Å². The van der Waals surface area contributed by atoms with Crippen molar-refractivity contribution in [3.05, 3.63) is 88.0 Å². The van der Waals surface area contributed by atoms with Crippen LogP contribution < -0.4 is 4.74 Å². The maximum Gasteiger partial charge on any atom is 0.432 e. The topological polar surface area (TPSA) is 9.23 Å². The third-order valence-corrected chi connectivity index (χ3v) is 3.98. The molecular weight excluding hydrogens is 432 g/mol. The molecule has 29 heavy (non-hydrogen) atoms. The quantitative estimate of drug-likeness (QED) is 0.400. The van der Waals surface area contributed by atoms with Gasteiger partial charge in [-0.2, -0.15) is 8.78 Å². The zero-order valence-electron chi connectivity index (χ0n) is 13.9. The Labute approximate surface area is 163 Å². The molecule has 0 fully saturated rings. The van der Waals surface area contributed by atoms with E-state index in [0.717, 1.165) is 0 Å². The van der Waals surface area contributed by atoms with E-state index in [2.05, 4.69) is 4.74 Å². The summed E-state index contributed by atoms with van der Waals surface area (Å²) in [5.41, 5.74) is -3.48. The Morgan fingerprint density at radius 3 is 1.72 bits per heavy atom. The molecule has 1 nitrogen and oxygen atoms in total. The lowest BCUT2D eigenvalue weighted by Crippen LogP contribution is -2.25. The van der Waals surface area contributed by atoms with Gasteiger partial charge in [0.1, 0.15) is 34.6 Å². The number of rotatable bonds is 4. The van der Waals surface area contributed by atoms with Crippen LogP contribution in [0.1, 0.15) is 5.56 Å². The fourth-order valence-corrected chi connectivity index (χ4v) is 2.74. The maximum absolute atomic E-state index is 14.3. The molecule has 0 aliphatic carbocycles. The van der Waals surface area contributed by atoms with Crippen molar-refractivity contribution in [2.45, 2.75) is 6.11 Å². The second-order valence-electron chi connectivity index (χ2n) is 5.75. The molecular formula is C19H7ClF8O. The maximum atomic E-state index is 14.3. The molecule has 0 bridgehead atoms. The first kappa shape index (κ1) is 20.9. The van der Waals surface area contributed by atoms with Gasteiger partial charge in [-0.25, -0.2) is 26.3 Å². The highest BCUT2D eigenvalue weighted by molar-refractivity contribution is 6.30. The first-order chi connectivity index (χ1) is 13.5. The zero-order chi connectivity index (χ0) is 21.5. The number of halogens is 9. The van der Waals surface area contributed by atoms with Crippen molar-refractivity contribution in [1.82, 2.24) is 0 Å². The van der Waals surface area contributed by atoms with Gasteiger partial charge in [0.15, 0.2) is 11.6 Å². The van der Waals surface area contributed by atoms with E-state index in [9.17, 15) is 35.1 Å². The molecule has 10 heteroatoms. The van der Waals surface area contributed by atoms with Gasteiger partial charge in [-0.3, -0.25) is 0 Å². The summed E-state index contributed by atoms with van der Waals surface area (Å²) >= 11 is 5.46. The third kappa shape index (κ3) is 4.14. The predicted octanol–water partition coefficient (Wildman–Crippen LogP) is 6.97. The zero-order valence-corrected chi connectivity index (χ0v) is 14.6. The van der Waals surface area contributed by atoms with Crippen molar-refractivity contribution in [2.75, 3.05) is 0 Å². The van der Waals surface area contributed by atoms with Crippen molar-refractivity contribution in [3.63, 3.8) is 0 Å². The first-order valence-corrected chi connectivity index (χ1v) is 8.03. The molecule has 0 unspecified atom stereocenters. The van der Waals surface area contributed by atoms with Gasteiger partial charge in [-0.15, -0.1) is 0 Å². The average Bonchev–Trinajstić information content (AvgIpc) is 2.56. The van der Waals surface area contributed by atoms with Gasteiger partial charge >= 0.3 is 6.11 Å². The number of ether oxygens (including phenoxy) is 1. The van der Waals surface area contributed by atoms with Crippen molar-refractivity contribution < 1.29 is 39.9 Å². The molecule has 0 amide bonds. The van der Waals surface area contributed by atoms with Crippen LogP contribution in [0.2, 0.25) is 5.02 Å². The molecule has 0 aromatic heterocycles. The Kier molecular flexibility index (Phi) is 5.44. The molecule has 0 radical (unpaired) electrons. The highest BCUT2D eigenvalue weighted by atomic mass is 35.5. The van der Waals surface area contributed by atoms with E-state index >= 15 is 0 Å². The van der Waals surface area contributed by atoms with Gasteiger partial charge in [0.2, 0.25) is 0 Å². The minimum absolute atomic E-state index is 0.256. The Bertz CT molecular complexity index is 1050. The molecule has 0 saturated carbocycles. The van der Waals surface area contributed by atoms with E-state index < -0.39 is 63.5 Å². The summed E-state index contributed by atoms with van der Waals surface area (Å²) in [6, 6.07) is 3.24. The van der Waals surface area contributed by atoms with E-state index in [0.29, 0.717) is 24.3 Å². The monoisotopic (exact) mass is 438 g/mol. The third-order valence-electron chi connectivity index (χ3n) is 3.77. The van der Waals surface area contributed by atoms with Gasteiger partial charge in [-0.05, 0) is 42.0 Å². The molecule has 0 heterocycles. The van der Waals surface area contributed by atoms with Crippen LogP contribution in [0.4, 0.5) is 35.1 Å². The second kappa shape index (κ2) is 7.55. The lowest BCUT2D eigenvalue weighted by molar-refractivity contribution is -0.189. The van der Waals surface area contributed by atoms with Crippen molar-refractivity contribution in [3.8, 4) is 16.9 Å². The largest absolute Gasteiger partial charge is 0.432 e. The lowest BCUT2D eigenvalue weighted by atomic mass is 10.0. The van der Waals surface area contributed by atoms with Crippen LogP contribution in [0.5, 0.6) is 5.75 Å². The molecule has 3 aromatic carbocycles. The van der Waals surface area contributed by atoms with Crippen LogP contribution in [0, 0.1) is 34.9 Å². The number of alkyl halides is 2. The molecule has 0 aliphatic rings. The molecule has 0 atom stereocenters. The summed E-state index contributed by atoms with van der Waals surface area (Å²) in [6.45, 7) is 0. The number of benzene rings is 3. The van der Waals surface area contributed by atoms with Crippen molar-refractivity contribution >= 4 is 11.6 Å². The summed E-state index contributed by atoms with van der Waals surface area (Å²) in [5, 5.41) is -0.326. The first-order valence-electron chi connectivity index (χ1n) is 7.66. The van der Waals surface area contributed by atoms with E-state index in [1.165, 1.54) is 0 Å². The Morgan fingerprint density at radius 2 is 1.21 bits per heavy atom. The average molecular weight is 439 g/mol. The van der Waals surface area contributed by atoms with Gasteiger partial charge in [0.05, 0.1) is 5.56 Å². The van der Waals surface area contributed by atoms with Gasteiger partial charge < -0.3 is 4.74 Å². The lowest BCUT2D eigenvalue weighted by Gasteiger charge is -2.20. The fraction of sp³-hybridized carbons (Fsp3) is 0.0526. The predicted molar refractivity (Wildman–Crippen MR) is 87.6 cm³/mol. The summed E-state index contributed by atoms with van der Waals surface area (Å²) < 4.78 is 115. The van der Waals surface area contributed by atoms with Crippen LogP contribution in [0.15, 0.2) is 42.5 Å². The normalized spacial score (nSPS) is 11.6. The van der Waals surface area contributed by atoms with Gasteiger partial charge in [0.25, 0.3) is 0 Å². The van der Waals surface area contributed by atoms with Crippen molar-refractivity contribution in [1.29, 1.82) is 0 Å². The summed E-state index contributed by atoms with van der Waals surface area (Å²) in [7, 11) is 0. The summed E-state index contributed by atoms with van der Waals surface area (Å²) in [5.74, 6) is -10.1. The molecule has 3 rings (SSSR count). The molecule has 3 aromatic rings. The van der Waals surface area contributed by atoms with Crippen LogP contribution in [-0.4, -0.2) is 0 Å². The minimum Gasteiger partial charge on any atom is -0.429 e. The van der Waals surface area contributed by atoms with Gasteiger partial charge in [-0.1, -0.05) is 11.6 Å². The van der Waals surface area contributed by atoms with E-state index in [1.54, 1.807) is 0 Å². The Morgan fingerprint density at radius 1 is 0.655 bits per heavy atom. The van der Waals surface area contributed by atoms with Gasteiger partial charge in [0, 0.05) is 11.1 Å². The molecule has 0 saturated heterocycles. The standard InChI is InChI=1S/C19H7ClF8O/c20-9-5-13(23)17(14(24)6-9)8-3-15(25)18(16(26)4-8)19(27,28)29-10-1-2-11(21)12(22)7-10/h1-7H.